The Bertz CT molecular complexity index is 839. The van der Waals surface area contributed by atoms with E-state index in [0.29, 0.717) is 23.2 Å². The van der Waals surface area contributed by atoms with E-state index in [0.717, 1.165) is 17.4 Å². The van der Waals surface area contributed by atoms with Gasteiger partial charge in [0.15, 0.2) is 5.13 Å². The van der Waals surface area contributed by atoms with Crippen LogP contribution in [0.1, 0.15) is 12.8 Å². The monoisotopic (exact) mass is 388 g/mol. The molecule has 0 unspecified atom stereocenters. The van der Waals surface area contributed by atoms with Crippen molar-refractivity contribution in [1.29, 1.82) is 0 Å². The highest BCUT2D eigenvalue weighted by Crippen LogP contribution is 2.32. The summed E-state index contributed by atoms with van der Waals surface area (Å²) in [5.74, 6) is -0.923. The minimum Gasteiger partial charge on any atom is -0.406 e. The average Bonchev–Trinajstić information content (AvgIpc) is 2.85. The van der Waals surface area contributed by atoms with E-state index in [-0.39, 0.29) is 35.7 Å². The van der Waals surface area contributed by atoms with Gasteiger partial charge in [0, 0.05) is 25.6 Å². The zero-order valence-electron chi connectivity index (χ0n) is 13.4. The van der Waals surface area contributed by atoms with Crippen molar-refractivity contribution < 1.29 is 27.5 Å². The molecule has 0 spiro atoms. The number of ether oxygens (including phenoxy) is 1. The SMILES string of the molecule is NCCC(=O)N1CC[C@H]1C(=O)Nc1nc2ccc(OC(F)(F)F)cc2s1. The molecular formula is C15H15F3N4O3S. The number of likely N-dealkylation sites (tertiary alicyclic amines) is 1. The summed E-state index contributed by atoms with van der Waals surface area (Å²) in [7, 11) is 0. The lowest BCUT2D eigenvalue weighted by Crippen LogP contribution is -2.57. The maximum atomic E-state index is 12.3. The van der Waals surface area contributed by atoms with Gasteiger partial charge in [0.1, 0.15) is 11.8 Å². The van der Waals surface area contributed by atoms with Gasteiger partial charge in [-0.3, -0.25) is 9.59 Å². The highest BCUT2D eigenvalue weighted by molar-refractivity contribution is 7.22. The van der Waals surface area contributed by atoms with E-state index in [1.807, 2.05) is 0 Å². The number of nitrogens with zero attached hydrogens (tertiary/aromatic N) is 2. The van der Waals surface area contributed by atoms with E-state index in [4.69, 9.17) is 5.73 Å². The number of rotatable bonds is 5. The molecule has 11 heteroatoms. The zero-order chi connectivity index (χ0) is 18.9. The number of anilines is 1. The van der Waals surface area contributed by atoms with Crippen LogP contribution in [-0.4, -0.2) is 47.2 Å². The largest absolute Gasteiger partial charge is 0.573 e. The van der Waals surface area contributed by atoms with Crippen molar-refractivity contribution in [3.05, 3.63) is 18.2 Å². The topological polar surface area (TPSA) is 97.6 Å². The molecule has 1 aliphatic heterocycles. The molecular weight excluding hydrogens is 373 g/mol. The fourth-order valence-electron chi connectivity index (χ4n) is 2.57. The minimum absolute atomic E-state index is 0.174. The van der Waals surface area contributed by atoms with Crippen LogP contribution in [0.3, 0.4) is 0 Å². The van der Waals surface area contributed by atoms with E-state index in [2.05, 4.69) is 15.0 Å². The molecule has 1 saturated heterocycles. The normalized spacial score (nSPS) is 17.1. The Labute approximate surface area is 149 Å². The number of benzene rings is 1. The Hall–Kier alpha value is -2.40. The molecule has 26 heavy (non-hydrogen) atoms. The van der Waals surface area contributed by atoms with E-state index >= 15 is 0 Å². The molecule has 0 radical (unpaired) electrons. The predicted molar refractivity (Wildman–Crippen MR) is 88.7 cm³/mol. The zero-order valence-corrected chi connectivity index (χ0v) is 14.2. The Balaban J connectivity index is 1.69. The first-order valence-corrected chi connectivity index (χ1v) is 8.55. The second-order valence-corrected chi connectivity index (χ2v) is 6.65. The second kappa shape index (κ2) is 7.08. The maximum Gasteiger partial charge on any atom is 0.573 e. The van der Waals surface area contributed by atoms with Crippen molar-refractivity contribution in [2.75, 3.05) is 18.4 Å². The van der Waals surface area contributed by atoms with Crippen LogP contribution in [0.5, 0.6) is 5.75 Å². The molecule has 1 aromatic carbocycles. The number of halogens is 3. The molecule has 2 aromatic rings. The Kier molecular flexibility index (Phi) is 5.01. The lowest BCUT2D eigenvalue weighted by Gasteiger charge is -2.39. The van der Waals surface area contributed by atoms with Crippen molar-refractivity contribution in [3.63, 3.8) is 0 Å². The number of nitrogens with one attached hydrogen (secondary N) is 1. The summed E-state index contributed by atoms with van der Waals surface area (Å²) < 4.78 is 41.1. The van der Waals surface area contributed by atoms with Crippen molar-refractivity contribution in [2.24, 2.45) is 5.73 Å². The summed E-state index contributed by atoms with van der Waals surface area (Å²) in [6, 6.07) is 3.16. The molecule has 1 aliphatic rings. The van der Waals surface area contributed by atoms with Crippen LogP contribution in [0, 0.1) is 0 Å². The molecule has 1 aromatic heterocycles. The van der Waals surface area contributed by atoms with Crippen LogP contribution in [0.15, 0.2) is 18.2 Å². The molecule has 7 nitrogen and oxygen atoms in total. The standard InChI is InChI=1S/C15H15F3N4O3S/c16-15(17,18)25-8-1-2-9-11(7-8)26-14(20-9)21-13(24)10-4-6-22(10)12(23)3-5-19/h1-2,7,10H,3-6,19H2,(H,20,21,24)/t10-/m0/s1. The molecule has 0 saturated carbocycles. The van der Waals surface area contributed by atoms with Crippen LogP contribution in [0.2, 0.25) is 0 Å². The first kappa shape index (κ1) is 18.4. The Morgan fingerprint density at radius 1 is 1.42 bits per heavy atom. The number of thiazole rings is 1. The fourth-order valence-corrected chi connectivity index (χ4v) is 3.47. The van der Waals surface area contributed by atoms with Crippen LogP contribution < -0.4 is 15.8 Å². The van der Waals surface area contributed by atoms with E-state index in [9.17, 15) is 22.8 Å². The first-order valence-electron chi connectivity index (χ1n) is 7.73. The van der Waals surface area contributed by atoms with Gasteiger partial charge in [0.05, 0.1) is 10.2 Å². The van der Waals surface area contributed by atoms with E-state index in [1.54, 1.807) is 0 Å². The third-order valence-electron chi connectivity index (χ3n) is 3.82. The molecule has 3 rings (SSSR count). The van der Waals surface area contributed by atoms with Gasteiger partial charge in [0.2, 0.25) is 11.8 Å². The fraction of sp³-hybridized carbons (Fsp3) is 0.400. The number of nitrogens with two attached hydrogens (primary N) is 1. The number of hydrogen-bond donors (Lipinski definition) is 2. The average molecular weight is 388 g/mol. The Morgan fingerprint density at radius 3 is 2.81 bits per heavy atom. The number of aromatic nitrogens is 1. The van der Waals surface area contributed by atoms with Gasteiger partial charge in [-0.25, -0.2) is 4.98 Å². The number of alkyl halides is 3. The van der Waals surface area contributed by atoms with Crippen LogP contribution in [-0.2, 0) is 9.59 Å². The molecule has 1 fully saturated rings. The molecule has 0 bridgehead atoms. The van der Waals surface area contributed by atoms with Crippen molar-refractivity contribution >= 4 is 38.5 Å². The quantitative estimate of drug-likeness (QED) is 0.817. The third kappa shape index (κ3) is 4.05. The van der Waals surface area contributed by atoms with Crippen molar-refractivity contribution in [3.8, 4) is 5.75 Å². The molecule has 1 atom stereocenters. The smallest absolute Gasteiger partial charge is 0.406 e. The van der Waals surface area contributed by atoms with E-state index in [1.165, 1.54) is 17.0 Å². The number of hydrogen-bond acceptors (Lipinski definition) is 6. The lowest BCUT2D eigenvalue weighted by atomic mass is 10.0. The van der Waals surface area contributed by atoms with Crippen LogP contribution in [0.25, 0.3) is 10.2 Å². The van der Waals surface area contributed by atoms with Crippen molar-refractivity contribution in [2.45, 2.75) is 25.2 Å². The number of carbonyl (C=O) groups excluding carboxylic acids is 2. The molecule has 3 N–H and O–H groups in total. The molecule has 0 aliphatic carbocycles. The van der Waals surface area contributed by atoms with Gasteiger partial charge in [0.25, 0.3) is 0 Å². The summed E-state index contributed by atoms with van der Waals surface area (Å²) in [4.78, 5) is 29.7. The minimum atomic E-state index is -4.78. The first-order chi connectivity index (χ1) is 12.3. The van der Waals surface area contributed by atoms with Gasteiger partial charge in [-0.15, -0.1) is 13.2 Å². The van der Waals surface area contributed by atoms with Gasteiger partial charge >= 0.3 is 6.36 Å². The molecule has 2 amide bonds. The van der Waals surface area contributed by atoms with Crippen LogP contribution >= 0.6 is 11.3 Å². The predicted octanol–water partition coefficient (Wildman–Crippen LogP) is 2.08. The number of amides is 2. The third-order valence-corrected chi connectivity index (χ3v) is 4.76. The highest BCUT2D eigenvalue weighted by Gasteiger charge is 2.37. The summed E-state index contributed by atoms with van der Waals surface area (Å²) in [5, 5.41) is 2.85. The lowest BCUT2D eigenvalue weighted by molar-refractivity contribution is -0.274. The Morgan fingerprint density at radius 2 is 2.19 bits per heavy atom. The molecule has 2 heterocycles. The highest BCUT2D eigenvalue weighted by atomic mass is 32.1. The maximum absolute atomic E-state index is 12.3. The van der Waals surface area contributed by atoms with Gasteiger partial charge in [-0.2, -0.15) is 0 Å². The summed E-state index contributed by atoms with van der Waals surface area (Å²) in [5.41, 5.74) is 5.78. The second-order valence-electron chi connectivity index (χ2n) is 5.62. The summed E-state index contributed by atoms with van der Waals surface area (Å²) >= 11 is 1.02. The van der Waals surface area contributed by atoms with Gasteiger partial charge in [-0.1, -0.05) is 11.3 Å². The van der Waals surface area contributed by atoms with Gasteiger partial charge < -0.3 is 20.7 Å². The number of fused-ring (bicyclic) bond motifs is 1. The number of carbonyl (C=O) groups is 2. The summed E-state index contributed by atoms with van der Waals surface area (Å²) in [6.07, 6.45) is -4.07. The van der Waals surface area contributed by atoms with E-state index < -0.39 is 12.4 Å². The van der Waals surface area contributed by atoms with Crippen molar-refractivity contribution in [1.82, 2.24) is 9.88 Å². The van der Waals surface area contributed by atoms with Gasteiger partial charge in [-0.05, 0) is 18.6 Å². The molecule has 140 valence electrons. The summed E-state index contributed by atoms with van der Waals surface area (Å²) in [6.45, 7) is 0.707. The van der Waals surface area contributed by atoms with Crippen LogP contribution in [0.4, 0.5) is 18.3 Å².